The van der Waals surface area contributed by atoms with Crippen molar-refractivity contribution < 1.29 is 0 Å². The Hall–Kier alpha value is -2.25. The van der Waals surface area contributed by atoms with E-state index in [1.54, 1.807) is 18.3 Å². The summed E-state index contributed by atoms with van der Waals surface area (Å²) in [6.07, 6.45) is 1.68. The molecule has 0 aliphatic rings. The van der Waals surface area contributed by atoms with E-state index in [-0.39, 0.29) is 0 Å². The van der Waals surface area contributed by atoms with Crippen LogP contribution in [0.25, 0.3) is 0 Å². The molecule has 0 saturated heterocycles. The van der Waals surface area contributed by atoms with Crippen LogP contribution in [-0.2, 0) is 7.05 Å². The van der Waals surface area contributed by atoms with Crippen LogP contribution in [0.5, 0.6) is 0 Å². The van der Waals surface area contributed by atoms with Gasteiger partial charge >= 0.3 is 0 Å². The molecule has 1 aromatic heterocycles. The molecule has 5 heteroatoms. The van der Waals surface area contributed by atoms with Crippen molar-refractivity contribution in [1.82, 2.24) is 4.57 Å². The van der Waals surface area contributed by atoms with Gasteiger partial charge in [-0.05, 0) is 25.1 Å². The fraction of sp³-hybridized carbons (Fsp3) is 0.143. The molecule has 1 aromatic carbocycles. The first-order valence-corrected chi connectivity index (χ1v) is 6.11. The number of hydrogen-bond donors (Lipinski definition) is 1. The highest BCUT2D eigenvalue weighted by atomic mass is 35.5. The average molecular weight is 273 g/mol. The molecule has 1 heterocycles. The van der Waals surface area contributed by atoms with Gasteiger partial charge in [0.1, 0.15) is 11.8 Å². The number of para-hydroxylation sites is 1. The van der Waals surface area contributed by atoms with Crippen molar-refractivity contribution in [1.29, 1.82) is 5.26 Å². The number of aromatic nitrogens is 1. The molecule has 0 spiro atoms. The summed E-state index contributed by atoms with van der Waals surface area (Å²) < 4.78 is 1.83. The van der Waals surface area contributed by atoms with Crippen molar-refractivity contribution in [3.63, 3.8) is 0 Å². The molecular formula is C14H13ClN4. The van der Waals surface area contributed by atoms with E-state index in [4.69, 9.17) is 16.9 Å². The molecule has 2 rings (SSSR count). The summed E-state index contributed by atoms with van der Waals surface area (Å²) in [6, 6.07) is 11.3. The highest BCUT2D eigenvalue weighted by Crippen LogP contribution is 2.20. The first-order chi connectivity index (χ1) is 9.13. The van der Waals surface area contributed by atoms with Gasteiger partial charge in [0.2, 0.25) is 0 Å². The number of benzene rings is 1. The van der Waals surface area contributed by atoms with Crippen LogP contribution in [0, 0.1) is 18.3 Å². The Morgan fingerprint density at radius 3 is 2.79 bits per heavy atom. The van der Waals surface area contributed by atoms with Crippen molar-refractivity contribution in [2.75, 3.05) is 5.43 Å². The molecule has 96 valence electrons. The van der Waals surface area contributed by atoms with Crippen LogP contribution in [0.3, 0.4) is 0 Å². The summed E-state index contributed by atoms with van der Waals surface area (Å²) in [5.74, 6) is 0. The molecule has 0 saturated carbocycles. The normalized spacial score (nSPS) is 10.6. The number of hydrazone groups is 1. The average Bonchev–Trinajstić information content (AvgIpc) is 2.69. The molecule has 0 amide bonds. The van der Waals surface area contributed by atoms with Gasteiger partial charge in [-0.3, -0.25) is 5.43 Å². The second-order valence-corrected chi connectivity index (χ2v) is 4.50. The highest BCUT2D eigenvalue weighted by Gasteiger charge is 2.06. The number of hydrogen-bond acceptors (Lipinski definition) is 3. The van der Waals surface area contributed by atoms with Gasteiger partial charge in [-0.2, -0.15) is 10.4 Å². The van der Waals surface area contributed by atoms with E-state index in [9.17, 15) is 0 Å². The van der Waals surface area contributed by atoms with Crippen molar-refractivity contribution in [3.05, 3.63) is 52.3 Å². The zero-order valence-corrected chi connectivity index (χ0v) is 11.4. The molecule has 0 aliphatic heterocycles. The maximum Gasteiger partial charge on any atom is 0.120 e. The third kappa shape index (κ3) is 2.78. The molecular weight excluding hydrogens is 260 g/mol. The van der Waals surface area contributed by atoms with E-state index in [0.29, 0.717) is 10.7 Å². The topological polar surface area (TPSA) is 53.1 Å². The van der Waals surface area contributed by atoms with Gasteiger partial charge in [-0.1, -0.05) is 23.7 Å². The van der Waals surface area contributed by atoms with E-state index in [2.05, 4.69) is 16.6 Å². The minimum Gasteiger partial charge on any atom is -0.339 e. The Balaban J connectivity index is 2.17. The first-order valence-electron chi connectivity index (χ1n) is 5.73. The fourth-order valence-electron chi connectivity index (χ4n) is 1.68. The van der Waals surface area contributed by atoms with Crippen LogP contribution >= 0.6 is 11.6 Å². The van der Waals surface area contributed by atoms with E-state index in [1.165, 1.54) is 0 Å². The first kappa shape index (κ1) is 13.2. The van der Waals surface area contributed by atoms with E-state index in [1.807, 2.05) is 36.7 Å². The Bertz CT molecular complexity index is 665. The van der Waals surface area contributed by atoms with Gasteiger partial charge in [0.25, 0.3) is 0 Å². The zero-order valence-electron chi connectivity index (χ0n) is 10.7. The number of anilines is 1. The monoisotopic (exact) mass is 272 g/mol. The van der Waals surface area contributed by atoms with Crippen LogP contribution in [0.15, 0.2) is 35.4 Å². The van der Waals surface area contributed by atoms with Crippen LogP contribution < -0.4 is 5.43 Å². The molecule has 2 aromatic rings. The SMILES string of the molecule is Cc1c(/C=N\Nc2ccccc2Cl)cc(C#N)n1C. The number of nitriles is 1. The molecule has 0 radical (unpaired) electrons. The van der Waals surface area contributed by atoms with Crippen molar-refractivity contribution >= 4 is 23.5 Å². The maximum atomic E-state index is 8.95. The lowest BCUT2D eigenvalue weighted by Crippen LogP contribution is -1.95. The summed E-state index contributed by atoms with van der Waals surface area (Å²) in [5.41, 5.74) is 6.12. The van der Waals surface area contributed by atoms with Gasteiger partial charge in [-0.25, -0.2) is 0 Å². The van der Waals surface area contributed by atoms with E-state index >= 15 is 0 Å². The van der Waals surface area contributed by atoms with Gasteiger partial charge in [-0.15, -0.1) is 0 Å². The van der Waals surface area contributed by atoms with Crippen molar-refractivity contribution in [2.45, 2.75) is 6.92 Å². The Morgan fingerprint density at radius 2 is 2.16 bits per heavy atom. The van der Waals surface area contributed by atoms with E-state index < -0.39 is 0 Å². The molecule has 0 fully saturated rings. The zero-order chi connectivity index (χ0) is 13.8. The maximum absolute atomic E-state index is 8.95. The second-order valence-electron chi connectivity index (χ2n) is 4.09. The number of nitrogens with one attached hydrogen (secondary N) is 1. The lowest BCUT2D eigenvalue weighted by molar-refractivity contribution is 0.865. The van der Waals surface area contributed by atoms with Gasteiger partial charge in [0, 0.05) is 18.3 Å². The highest BCUT2D eigenvalue weighted by molar-refractivity contribution is 6.33. The molecule has 4 nitrogen and oxygen atoms in total. The lowest BCUT2D eigenvalue weighted by atomic mass is 10.3. The molecule has 0 bridgehead atoms. The molecule has 0 unspecified atom stereocenters. The third-order valence-corrected chi connectivity index (χ3v) is 3.28. The summed E-state index contributed by atoms with van der Waals surface area (Å²) in [5, 5.41) is 13.7. The standard InChI is InChI=1S/C14H13ClN4/c1-10-11(7-12(8-16)19(10)2)9-17-18-14-6-4-3-5-13(14)15/h3-7,9,18H,1-2H3/b17-9-. The minimum atomic E-state index is 0.608. The Kier molecular flexibility index (Phi) is 3.88. The van der Waals surface area contributed by atoms with Crippen LogP contribution in [0.4, 0.5) is 5.69 Å². The van der Waals surface area contributed by atoms with Crippen LogP contribution in [0.1, 0.15) is 17.0 Å². The summed E-state index contributed by atoms with van der Waals surface area (Å²) in [4.78, 5) is 0. The quantitative estimate of drug-likeness (QED) is 0.688. The molecule has 19 heavy (non-hydrogen) atoms. The number of halogens is 1. The van der Waals surface area contributed by atoms with E-state index in [0.717, 1.165) is 16.9 Å². The predicted octanol–water partition coefficient (Wildman–Crippen LogP) is 3.30. The summed E-state index contributed by atoms with van der Waals surface area (Å²) in [6.45, 7) is 1.94. The van der Waals surface area contributed by atoms with Crippen molar-refractivity contribution in [2.24, 2.45) is 12.1 Å². The van der Waals surface area contributed by atoms with Gasteiger partial charge in [0.15, 0.2) is 0 Å². The van der Waals surface area contributed by atoms with Crippen LogP contribution in [0.2, 0.25) is 5.02 Å². The summed E-state index contributed by atoms with van der Waals surface area (Å²) in [7, 11) is 1.85. The Morgan fingerprint density at radius 1 is 1.42 bits per heavy atom. The second kappa shape index (κ2) is 5.59. The largest absolute Gasteiger partial charge is 0.339 e. The summed E-state index contributed by atoms with van der Waals surface area (Å²) >= 11 is 6.01. The third-order valence-electron chi connectivity index (χ3n) is 2.95. The fourth-order valence-corrected chi connectivity index (χ4v) is 1.86. The predicted molar refractivity (Wildman–Crippen MR) is 77.5 cm³/mol. The van der Waals surface area contributed by atoms with Gasteiger partial charge in [0.05, 0.1) is 16.9 Å². The van der Waals surface area contributed by atoms with Gasteiger partial charge < -0.3 is 4.57 Å². The lowest BCUT2D eigenvalue weighted by Gasteiger charge is -2.01. The van der Waals surface area contributed by atoms with Crippen molar-refractivity contribution in [3.8, 4) is 6.07 Å². The number of rotatable bonds is 3. The smallest absolute Gasteiger partial charge is 0.120 e. The Labute approximate surface area is 116 Å². The number of nitrogens with zero attached hydrogens (tertiary/aromatic N) is 3. The molecule has 0 atom stereocenters. The minimum absolute atomic E-state index is 0.608. The molecule has 1 N–H and O–H groups in total. The molecule has 0 aliphatic carbocycles. The van der Waals surface area contributed by atoms with Crippen LogP contribution in [-0.4, -0.2) is 10.8 Å².